The number of furan rings is 2. The number of hydrogen-bond acceptors (Lipinski definition) is 3. The molecule has 0 aliphatic carbocycles. The highest BCUT2D eigenvalue weighted by molar-refractivity contribution is 5.51. The Balaban J connectivity index is 2.25. The first-order chi connectivity index (χ1) is 6.92. The Morgan fingerprint density at radius 1 is 1.07 bits per heavy atom. The smallest absolute Gasteiger partial charge is 0.201 e. The minimum absolute atomic E-state index is 0.821. The van der Waals surface area contributed by atoms with Crippen LogP contribution in [0.5, 0.6) is 0 Å². The topological polar surface area (TPSA) is 29.5 Å². The molecule has 0 fully saturated rings. The van der Waals surface area contributed by atoms with E-state index >= 15 is 0 Å². The highest BCUT2D eigenvalue weighted by Gasteiger charge is 2.12. The molecule has 0 aliphatic rings. The highest BCUT2D eigenvalue weighted by Crippen LogP contribution is 2.25. The molecule has 0 aromatic carbocycles. The van der Waals surface area contributed by atoms with Gasteiger partial charge in [0.15, 0.2) is 0 Å². The number of nitrogens with zero attached hydrogens (tertiary/aromatic N) is 1. The van der Waals surface area contributed by atoms with Crippen LogP contribution >= 0.6 is 0 Å². The molecule has 2 rings (SSSR count). The Morgan fingerprint density at radius 2 is 1.64 bits per heavy atom. The fraction of sp³-hybridized carbons (Fsp3) is 0.273. The molecule has 0 aliphatic heterocycles. The largest absolute Gasteiger partial charge is 0.448 e. The molecule has 3 nitrogen and oxygen atoms in total. The number of anilines is 2. The third-order valence-electron chi connectivity index (χ3n) is 1.99. The molecular formula is C11H13NO2. The van der Waals surface area contributed by atoms with Crippen molar-refractivity contribution in [3.63, 3.8) is 0 Å². The molecule has 0 spiro atoms. The lowest BCUT2D eigenvalue weighted by Gasteiger charge is -2.17. The van der Waals surface area contributed by atoms with Gasteiger partial charge in [-0.1, -0.05) is 6.92 Å². The fourth-order valence-corrected chi connectivity index (χ4v) is 1.40. The number of hydrogen-bond donors (Lipinski definition) is 0. The Bertz CT molecular complexity index is 316. The van der Waals surface area contributed by atoms with Gasteiger partial charge < -0.3 is 8.83 Å². The average Bonchev–Trinajstić information content (AvgIpc) is 2.87. The third kappa shape index (κ3) is 1.66. The van der Waals surface area contributed by atoms with E-state index in [-0.39, 0.29) is 0 Å². The number of rotatable bonds is 4. The fourth-order valence-electron chi connectivity index (χ4n) is 1.40. The normalized spacial score (nSPS) is 10.4. The molecule has 0 saturated heterocycles. The van der Waals surface area contributed by atoms with Crippen LogP contribution in [0.4, 0.5) is 11.8 Å². The second-order valence-corrected chi connectivity index (χ2v) is 3.05. The van der Waals surface area contributed by atoms with Crippen LogP contribution in [0, 0.1) is 0 Å². The molecule has 2 aromatic rings. The van der Waals surface area contributed by atoms with E-state index in [0.29, 0.717) is 0 Å². The van der Waals surface area contributed by atoms with Crippen molar-refractivity contribution in [1.82, 2.24) is 0 Å². The quantitative estimate of drug-likeness (QED) is 0.741. The third-order valence-corrected chi connectivity index (χ3v) is 1.99. The van der Waals surface area contributed by atoms with Crippen molar-refractivity contribution in [1.29, 1.82) is 0 Å². The second kappa shape index (κ2) is 4.05. The lowest BCUT2D eigenvalue weighted by atomic mass is 10.4. The van der Waals surface area contributed by atoms with Crippen LogP contribution in [-0.4, -0.2) is 6.54 Å². The molecule has 0 atom stereocenters. The summed E-state index contributed by atoms with van der Waals surface area (Å²) in [4.78, 5) is 2.01. The van der Waals surface area contributed by atoms with E-state index < -0.39 is 0 Å². The van der Waals surface area contributed by atoms with Gasteiger partial charge in [0.25, 0.3) is 0 Å². The van der Waals surface area contributed by atoms with Crippen molar-refractivity contribution >= 4 is 11.8 Å². The summed E-state index contributed by atoms with van der Waals surface area (Å²) in [5.41, 5.74) is 0. The first-order valence-corrected chi connectivity index (χ1v) is 4.76. The molecular weight excluding hydrogens is 178 g/mol. The van der Waals surface area contributed by atoms with Crippen molar-refractivity contribution in [3.05, 3.63) is 36.8 Å². The van der Waals surface area contributed by atoms with E-state index in [1.54, 1.807) is 12.5 Å². The van der Waals surface area contributed by atoms with Crippen LogP contribution in [0.1, 0.15) is 13.3 Å². The average molecular weight is 191 g/mol. The molecule has 0 saturated carbocycles. The standard InChI is InChI=1S/C11H13NO2/c1-2-7-12(10-5-3-8-13-10)11-6-4-9-14-11/h3-6,8-9H,2,7H2,1H3. The predicted molar refractivity (Wildman–Crippen MR) is 54.7 cm³/mol. The van der Waals surface area contributed by atoms with Crippen LogP contribution in [0.15, 0.2) is 45.6 Å². The molecule has 0 amide bonds. The molecule has 2 heterocycles. The van der Waals surface area contributed by atoms with Gasteiger partial charge in [-0.2, -0.15) is 0 Å². The summed E-state index contributed by atoms with van der Waals surface area (Å²) in [6.07, 6.45) is 4.38. The van der Waals surface area contributed by atoms with Crippen LogP contribution in [-0.2, 0) is 0 Å². The maximum atomic E-state index is 5.34. The van der Waals surface area contributed by atoms with Gasteiger partial charge in [0, 0.05) is 18.7 Å². The van der Waals surface area contributed by atoms with Crippen LogP contribution in [0.2, 0.25) is 0 Å². The summed E-state index contributed by atoms with van der Waals surface area (Å²) in [5, 5.41) is 0. The summed E-state index contributed by atoms with van der Waals surface area (Å²) in [6, 6.07) is 7.61. The zero-order valence-electron chi connectivity index (χ0n) is 8.14. The Morgan fingerprint density at radius 3 is 2.00 bits per heavy atom. The summed E-state index contributed by atoms with van der Waals surface area (Å²) < 4.78 is 10.7. The van der Waals surface area contributed by atoms with Crippen LogP contribution < -0.4 is 4.90 Å². The maximum absolute atomic E-state index is 5.34. The van der Waals surface area contributed by atoms with E-state index in [1.165, 1.54) is 0 Å². The van der Waals surface area contributed by atoms with Crippen LogP contribution in [0.3, 0.4) is 0 Å². The predicted octanol–water partition coefficient (Wildman–Crippen LogP) is 3.42. The molecule has 3 heteroatoms. The van der Waals surface area contributed by atoms with Gasteiger partial charge >= 0.3 is 0 Å². The SMILES string of the molecule is CCCN(c1ccco1)c1ccco1. The van der Waals surface area contributed by atoms with E-state index in [1.807, 2.05) is 29.2 Å². The highest BCUT2D eigenvalue weighted by atomic mass is 16.4. The van der Waals surface area contributed by atoms with E-state index in [2.05, 4.69) is 6.92 Å². The van der Waals surface area contributed by atoms with Crippen molar-refractivity contribution in [3.8, 4) is 0 Å². The van der Waals surface area contributed by atoms with Crippen molar-refractivity contribution < 1.29 is 8.83 Å². The summed E-state index contributed by atoms with van der Waals surface area (Å²) >= 11 is 0. The van der Waals surface area contributed by atoms with Gasteiger partial charge in [-0.15, -0.1) is 0 Å². The van der Waals surface area contributed by atoms with Crippen molar-refractivity contribution in [2.75, 3.05) is 11.4 Å². The first-order valence-electron chi connectivity index (χ1n) is 4.76. The molecule has 0 radical (unpaired) electrons. The van der Waals surface area contributed by atoms with Gasteiger partial charge in [0.05, 0.1) is 12.5 Å². The molecule has 0 bridgehead atoms. The molecule has 14 heavy (non-hydrogen) atoms. The van der Waals surface area contributed by atoms with Gasteiger partial charge in [-0.25, -0.2) is 0 Å². The Labute approximate surface area is 82.9 Å². The Kier molecular flexibility index (Phi) is 2.58. The van der Waals surface area contributed by atoms with Crippen molar-refractivity contribution in [2.45, 2.75) is 13.3 Å². The van der Waals surface area contributed by atoms with Crippen LogP contribution in [0.25, 0.3) is 0 Å². The summed E-state index contributed by atoms with van der Waals surface area (Å²) in [7, 11) is 0. The molecule has 0 unspecified atom stereocenters. The zero-order chi connectivity index (χ0) is 9.80. The minimum Gasteiger partial charge on any atom is -0.448 e. The van der Waals surface area contributed by atoms with E-state index in [4.69, 9.17) is 8.83 Å². The van der Waals surface area contributed by atoms with Gasteiger partial charge in [-0.05, 0) is 18.6 Å². The lowest BCUT2D eigenvalue weighted by molar-refractivity contribution is 0.520. The summed E-state index contributed by atoms with van der Waals surface area (Å²) in [6.45, 7) is 3.01. The van der Waals surface area contributed by atoms with Gasteiger partial charge in [0.1, 0.15) is 0 Å². The van der Waals surface area contributed by atoms with E-state index in [0.717, 1.165) is 24.7 Å². The Hall–Kier alpha value is -1.64. The summed E-state index contributed by atoms with van der Waals surface area (Å²) in [5.74, 6) is 1.64. The molecule has 2 aromatic heterocycles. The first kappa shape index (κ1) is 8.94. The van der Waals surface area contributed by atoms with E-state index in [9.17, 15) is 0 Å². The second-order valence-electron chi connectivity index (χ2n) is 3.05. The van der Waals surface area contributed by atoms with Crippen molar-refractivity contribution in [2.24, 2.45) is 0 Å². The molecule has 0 N–H and O–H groups in total. The maximum Gasteiger partial charge on any atom is 0.201 e. The molecule has 74 valence electrons. The monoisotopic (exact) mass is 191 g/mol. The van der Waals surface area contributed by atoms with Gasteiger partial charge in [-0.3, -0.25) is 4.90 Å². The lowest BCUT2D eigenvalue weighted by Crippen LogP contribution is -2.16. The zero-order valence-corrected chi connectivity index (χ0v) is 8.14. The van der Waals surface area contributed by atoms with Gasteiger partial charge in [0.2, 0.25) is 11.8 Å². The minimum atomic E-state index is 0.821.